The molecule has 1 saturated heterocycles. The summed E-state index contributed by atoms with van der Waals surface area (Å²) in [5.41, 5.74) is 4.29. The highest BCUT2D eigenvalue weighted by Crippen LogP contribution is 2.47. The van der Waals surface area contributed by atoms with Crippen molar-refractivity contribution in [2.75, 3.05) is 26.2 Å². The van der Waals surface area contributed by atoms with Crippen LogP contribution < -0.4 is 9.47 Å². The number of ether oxygens (including phenoxy) is 2. The number of benzene rings is 2. The molecule has 184 valence electrons. The van der Waals surface area contributed by atoms with Crippen molar-refractivity contribution in [3.63, 3.8) is 0 Å². The fraction of sp³-hybridized carbons (Fsp3) is 0.345. The van der Waals surface area contributed by atoms with E-state index in [1.54, 1.807) is 36.5 Å². The molecule has 35 heavy (non-hydrogen) atoms. The van der Waals surface area contributed by atoms with Crippen molar-refractivity contribution in [3.05, 3.63) is 77.6 Å². The number of phenolic OH excluding ortho intramolecular Hbond substituents is 2. The summed E-state index contributed by atoms with van der Waals surface area (Å²) in [5, 5.41) is 20.1. The molecule has 6 heteroatoms. The van der Waals surface area contributed by atoms with Crippen LogP contribution in [0.25, 0.3) is 11.1 Å². The highest BCUT2D eigenvalue weighted by atomic mass is 16.5. The van der Waals surface area contributed by atoms with Gasteiger partial charge in [-0.15, -0.1) is 0 Å². The van der Waals surface area contributed by atoms with Gasteiger partial charge in [0, 0.05) is 17.7 Å². The van der Waals surface area contributed by atoms with Crippen LogP contribution in [0.15, 0.2) is 60.8 Å². The van der Waals surface area contributed by atoms with E-state index in [1.807, 2.05) is 45.0 Å². The Morgan fingerprint density at radius 3 is 2.49 bits per heavy atom. The van der Waals surface area contributed by atoms with Crippen LogP contribution in [0.4, 0.5) is 0 Å². The van der Waals surface area contributed by atoms with Crippen molar-refractivity contribution in [2.45, 2.75) is 39.7 Å². The molecule has 0 spiro atoms. The second kappa shape index (κ2) is 11.3. The van der Waals surface area contributed by atoms with Gasteiger partial charge in [-0.25, -0.2) is 0 Å². The highest BCUT2D eigenvalue weighted by molar-refractivity contribution is 5.95. The van der Waals surface area contributed by atoms with Crippen molar-refractivity contribution in [1.29, 1.82) is 0 Å². The quantitative estimate of drug-likeness (QED) is 0.452. The minimum atomic E-state index is -0.456. The number of pyridine rings is 1. The lowest BCUT2D eigenvalue weighted by Gasteiger charge is -2.30. The Morgan fingerprint density at radius 2 is 1.77 bits per heavy atom. The lowest BCUT2D eigenvalue weighted by Crippen LogP contribution is -2.25. The molecule has 1 atom stereocenters. The Balaban J connectivity index is 0.00000141. The first kappa shape index (κ1) is 24.6. The number of hydrogen-bond acceptors (Lipinski definition) is 6. The van der Waals surface area contributed by atoms with Crippen LogP contribution in [-0.2, 0) is 0 Å². The third-order valence-corrected chi connectivity index (χ3v) is 6.34. The number of likely N-dealkylation sites (tertiary alicyclic amines) is 1. The van der Waals surface area contributed by atoms with E-state index in [4.69, 9.17) is 9.47 Å². The monoisotopic (exact) mass is 474 g/mol. The van der Waals surface area contributed by atoms with Gasteiger partial charge in [-0.05, 0) is 86.5 Å². The number of allylic oxidation sites excluding steroid dienone is 1. The van der Waals surface area contributed by atoms with Crippen molar-refractivity contribution in [1.82, 2.24) is 9.88 Å². The second-order valence-corrected chi connectivity index (χ2v) is 8.58. The first-order chi connectivity index (χ1) is 17.1. The van der Waals surface area contributed by atoms with Crippen LogP contribution >= 0.6 is 0 Å². The fourth-order valence-corrected chi connectivity index (χ4v) is 4.62. The van der Waals surface area contributed by atoms with Gasteiger partial charge in [-0.1, -0.05) is 26.0 Å². The maximum atomic E-state index is 10.1. The van der Waals surface area contributed by atoms with Crippen molar-refractivity contribution >= 4 is 11.1 Å². The maximum Gasteiger partial charge on any atom is 0.166 e. The molecule has 0 aliphatic carbocycles. The Bertz CT molecular complexity index is 1170. The summed E-state index contributed by atoms with van der Waals surface area (Å²) < 4.78 is 12.3. The fourth-order valence-electron chi connectivity index (χ4n) is 4.62. The van der Waals surface area contributed by atoms with Crippen molar-refractivity contribution in [2.24, 2.45) is 0 Å². The molecule has 5 rings (SSSR count). The lowest BCUT2D eigenvalue weighted by molar-refractivity contribution is 0.236. The van der Waals surface area contributed by atoms with E-state index in [-0.39, 0.29) is 11.5 Å². The normalized spacial score (nSPS) is 17.3. The Kier molecular flexibility index (Phi) is 7.93. The SMILES string of the molecule is CC.CC1=C(c2cccc(O)c2)C(c2ccc(OCCN3CCCC3)cn2)Oc2ccc(O)cc21. The van der Waals surface area contributed by atoms with E-state index in [1.165, 1.54) is 12.8 Å². The van der Waals surface area contributed by atoms with E-state index in [0.29, 0.717) is 12.4 Å². The molecule has 1 unspecified atom stereocenters. The van der Waals surface area contributed by atoms with Gasteiger partial charge >= 0.3 is 0 Å². The molecular formula is C29H34N2O4. The van der Waals surface area contributed by atoms with Gasteiger partial charge in [-0.2, -0.15) is 0 Å². The van der Waals surface area contributed by atoms with Crippen molar-refractivity contribution in [3.8, 4) is 23.0 Å². The number of rotatable bonds is 6. The van der Waals surface area contributed by atoms with E-state index >= 15 is 0 Å². The molecule has 0 radical (unpaired) electrons. The predicted octanol–water partition coefficient (Wildman–Crippen LogP) is 6.06. The summed E-state index contributed by atoms with van der Waals surface area (Å²) in [6.07, 6.45) is 3.83. The van der Waals surface area contributed by atoms with Gasteiger partial charge < -0.3 is 19.7 Å². The molecular weight excluding hydrogens is 440 g/mol. The van der Waals surface area contributed by atoms with Gasteiger partial charge in [0.15, 0.2) is 6.10 Å². The largest absolute Gasteiger partial charge is 0.508 e. The minimum Gasteiger partial charge on any atom is -0.508 e. The highest BCUT2D eigenvalue weighted by Gasteiger charge is 2.30. The zero-order chi connectivity index (χ0) is 24.8. The maximum absolute atomic E-state index is 10.1. The summed E-state index contributed by atoms with van der Waals surface area (Å²) in [4.78, 5) is 7.08. The molecule has 2 aliphatic heterocycles. The summed E-state index contributed by atoms with van der Waals surface area (Å²) >= 11 is 0. The van der Waals surface area contributed by atoms with Gasteiger partial charge in [0.05, 0.1) is 11.9 Å². The standard InChI is InChI=1S/C27H28N2O4.C2H6/c1-18-23-16-21(31)7-10-25(23)33-27(26(18)19-5-4-6-20(30)15-19)24-9-8-22(17-28-24)32-14-13-29-11-2-3-12-29;1-2/h4-10,15-17,27,30-31H,2-3,11-14H2,1H3;1-2H3. The molecule has 1 aromatic heterocycles. The van der Waals surface area contributed by atoms with E-state index < -0.39 is 6.10 Å². The number of aromatic hydroxyl groups is 2. The summed E-state index contributed by atoms with van der Waals surface area (Å²) in [5.74, 6) is 1.78. The number of fused-ring (bicyclic) bond motifs is 1. The molecule has 0 bridgehead atoms. The van der Waals surface area contributed by atoms with Crippen LogP contribution in [-0.4, -0.2) is 46.3 Å². The van der Waals surface area contributed by atoms with Crippen LogP contribution in [0.3, 0.4) is 0 Å². The summed E-state index contributed by atoms with van der Waals surface area (Å²) in [6, 6.07) is 16.1. The minimum absolute atomic E-state index is 0.180. The van der Waals surface area contributed by atoms with E-state index in [0.717, 1.165) is 53.4 Å². The predicted molar refractivity (Wildman–Crippen MR) is 139 cm³/mol. The molecule has 2 aromatic carbocycles. The summed E-state index contributed by atoms with van der Waals surface area (Å²) in [7, 11) is 0. The van der Waals surface area contributed by atoms with Gasteiger partial charge in [-0.3, -0.25) is 9.88 Å². The molecule has 2 aliphatic rings. The molecule has 6 nitrogen and oxygen atoms in total. The molecule has 3 aromatic rings. The third-order valence-electron chi connectivity index (χ3n) is 6.34. The lowest BCUT2D eigenvalue weighted by atomic mass is 9.87. The van der Waals surface area contributed by atoms with Gasteiger partial charge in [0.25, 0.3) is 0 Å². The van der Waals surface area contributed by atoms with Crippen LogP contribution in [0.5, 0.6) is 23.0 Å². The Morgan fingerprint density at radius 1 is 1.00 bits per heavy atom. The Hall–Kier alpha value is -3.51. The number of phenols is 2. The second-order valence-electron chi connectivity index (χ2n) is 8.58. The van der Waals surface area contributed by atoms with Gasteiger partial charge in [0.1, 0.15) is 29.6 Å². The topological polar surface area (TPSA) is 75.1 Å². The number of aromatic nitrogens is 1. The van der Waals surface area contributed by atoms with E-state index in [2.05, 4.69) is 9.88 Å². The number of nitrogens with zero attached hydrogens (tertiary/aromatic N) is 2. The zero-order valence-corrected chi connectivity index (χ0v) is 20.7. The average molecular weight is 475 g/mol. The molecule has 1 fully saturated rings. The summed E-state index contributed by atoms with van der Waals surface area (Å²) in [6.45, 7) is 9.89. The zero-order valence-electron chi connectivity index (χ0n) is 20.7. The first-order valence-electron chi connectivity index (χ1n) is 12.4. The van der Waals surface area contributed by atoms with Crippen LogP contribution in [0, 0.1) is 0 Å². The van der Waals surface area contributed by atoms with Gasteiger partial charge in [0.2, 0.25) is 0 Å². The average Bonchev–Trinajstić information content (AvgIpc) is 3.40. The Labute approximate surface area is 207 Å². The van der Waals surface area contributed by atoms with Crippen molar-refractivity contribution < 1.29 is 19.7 Å². The smallest absolute Gasteiger partial charge is 0.166 e. The molecule has 3 heterocycles. The third kappa shape index (κ3) is 5.60. The molecule has 0 saturated carbocycles. The first-order valence-corrected chi connectivity index (χ1v) is 12.4. The van der Waals surface area contributed by atoms with E-state index in [9.17, 15) is 10.2 Å². The van der Waals surface area contributed by atoms with Crippen LogP contribution in [0.2, 0.25) is 0 Å². The van der Waals surface area contributed by atoms with Crippen LogP contribution in [0.1, 0.15) is 56.5 Å². The molecule has 0 amide bonds. The molecule has 2 N–H and O–H groups in total. The number of hydrogen-bond donors (Lipinski definition) is 2.